The fraction of sp³-hybridized carbons (Fsp3) is 0.562. The molecule has 2 heteroatoms. The molecule has 1 heterocycles. The third-order valence-electron chi connectivity index (χ3n) is 4.36. The van der Waals surface area contributed by atoms with Crippen LogP contribution < -0.4 is 4.90 Å². The Balaban J connectivity index is 2.71. The predicted molar refractivity (Wildman–Crippen MR) is 76.2 cm³/mol. The summed E-state index contributed by atoms with van der Waals surface area (Å²) in [6.07, 6.45) is 0. The van der Waals surface area contributed by atoms with Crippen LogP contribution in [0.25, 0.3) is 0 Å². The van der Waals surface area contributed by atoms with Gasteiger partial charge in [0.1, 0.15) is 5.54 Å². The van der Waals surface area contributed by atoms with Gasteiger partial charge in [0.2, 0.25) is 0 Å². The van der Waals surface area contributed by atoms with Gasteiger partial charge in [-0.2, -0.15) is 0 Å². The van der Waals surface area contributed by atoms with Gasteiger partial charge in [-0.1, -0.05) is 46.8 Å². The van der Waals surface area contributed by atoms with Crippen LogP contribution in [0.3, 0.4) is 0 Å². The number of benzene rings is 1. The molecule has 1 aliphatic heterocycles. The molecule has 18 heavy (non-hydrogen) atoms. The summed E-state index contributed by atoms with van der Waals surface area (Å²) in [5, 5.41) is 0. The zero-order valence-electron chi connectivity index (χ0n) is 12.2. The Kier molecular flexibility index (Phi) is 2.80. The van der Waals surface area contributed by atoms with Crippen molar-refractivity contribution in [2.24, 2.45) is 11.3 Å². The molecule has 0 saturated heterocycles. The van der Waals surface area contributed by atoms with Crippen molar-refractivity contribution < 1.29 is 4.79 Å². The molecule has 0 fully saturated rings. The number of para-hydroxylation sites is 1. The number of likely N-dealkylation sites (N-methyl/N-ethyl adjacent to an activating group) is 1. The van der Waals surface area contributed by atoms with Crippen LogP contribution in [0.4, 0.5) is 5.69 Å². The first-order chi connectivity index (χ1) is 8.24. The van der Waals surface area contributed by atoms with Crippen LogP contribution in [-0.2, 0) is 0 Å². The summed E-state index contributed by atoms with van der Waals surface area (Å²) in [5.74, 6) is 0.533. The molecule has 98 valence electrons. The Morgan fingerprint density at radius 3 is 2.17 bits per heavy atom. The lowest BCUT2D eigenvalue weighted by Crippen LogP contribution is -2.61. The number of ketones is 1. The van der Waals surface area contributed by atoms with Crippen LogP contribution in [-0.4, -0.2) is 18.4 Å². The van der Waals surface area contributed by atoms with E-state index in [1.54, 1.807) is 0 Å². The first-order valence-corrected chi connectivity index (χ1v) is 6.62. The fourth-order valence-electron chi connectivity index (χ4n) is 3.86. The van der Waals surface area contributed by atoms with Gasteiger partial charge in [-0.3, -0.25) is 4.79 Å². The smallest absolute Gasteiger partial charge is 0.191 e. The molecule has 0 N–H and O–H groups in total. The lowest BCUT2D eigenvalue weighted by atomic mass is 9.64. The molecule has 1 aliphatic rings. The SMILES string of the molecule is CC(C)C1(C(C)(C)C)C(=O)c2ccccc2N1C. The molecule has 1 atom stereocenters. The maximum Gasteiger partial charge on any atom is 0.191 e. The Hall–Kier alpha value is -1.31. The monoisotopic (exact) mass is 245 g/mol. The topological polar surface area (TPSA) is 20.3 Å². The molecular formula is C16H23NO. The fourth-order valence-corrected chi connectivity index (χ4v) is 3.86. The van der Waals surface area contributed by atoms with Gasteiger partial charge in [-0.15, -0.1) is 0 Å². The molecular weight excluding hydrogens is 222 g/mol. The zero-order valence-corrected chi connectivity index (χ0v) is 12.2. The van der Waals surface area contributed by atoms with Crippen LogP contribution >= 0.6 is 0 Å². The summed E-state index contributed by atoms with van der Waals surface area (Å²) in [4.78, 5) is 15.2. The number of fused-ring (bicyclic) bond motifs is 1. The van der Waals surface area contributed by atoms with E-state index in [9.17, 15) is 4.79 Å². The molecule has 0 bridgehead atoms. The number of carbonyl (C=O) groups is 1. The number of carbonyl (C=O) groups excluding carboxylic acids is 1. The van der Waals surface area contributed by atoms with E-state index in [0.29, 0.717) is 0 Å². The van der Waals surface area contributed by atoms with Crippen molar-refractivity contribution in [1.29, 1.82) is 0 Å². The van der Waals surface area contributed by atoms with E-state index in [0.717, 1.165) is 11.3 Å². The van der Waals surface area contributed by atoms with Crippen molar-refractivity contribution in [3.8, 4) is 0 Å². The molecule has 0 spiro atoms. The minimum Gasteiger partial charge on any atom is -0.360 e. The van der Waals surface area contributed by atoms with Gasteiger partial charge < -0.3 is 4.90 Å². The average molecular weight is 245 g/mol. The number of anilines is 1. The maximum atomic E-state index is 13.0. The first kappa shape index (κ1) is 13.1. The second kappa shape index (κ2) is 3.84. The Morgan fingerprint density at radius 2 is 1.72 bits per heavy atom. The van der Waals surface area contributed by atoms with Crippen molar-refractivity contribution in [2.75, 3.05) is 11.9 Å². The van der Waals surface area contributed by atoms with Crippen molar-refractivity contribution in [1.82, 2.24) is 0 Å². The molecule has 0 amide bonds. The van der Waals surface area contributed by atoms with Crippen molar-refractivity contribution in [3.05, 3.63) is 29.8 Å². The highest BCUT2D eigenvalue weighted by Crippen LogP contribution is 2.50. The normalized spacial score (nSPS) is 23.7. The lowest BCUT2D eigenvalue weighted by Gasteiger charge is -2.49. The van der Waals surface area contributed by atoms with E-state index in [2.05, 4.69) is 46.6 Å². The summed E-state index contributed by atoms with van der Waals surface area (Å²) < 4.78 is 0. The molecule has 2 nitrogen and oxygen atoms in total. The second-order valence-corrected chi connectivity index (χ2v) is 6.58. The van der Waals surface area contributed by atoms with Gasteiger partial charge in [0.25, 0.3) is 0 Å². The van der Waals surface area contributed by atoms with Gasteiger partial charge in [0.05, 0.1) is 0 Å². The summed E-state index contributed by atoms with van der Waals surface area (Å²) in [6.45, 7) is 10.8. The van der Waals surface area contributed by atoms with Gasteiger partial charge in [0.15, 0.2) is 5.78 Å². The highest BCUT2D eigenvalue weighted by Gasteiger charge is 2.58. The van der Waals surface area contributed by atoms with Gasteiger partial charge in [0, 0.05) is 18.3 Å². The van der Waals surface area contributed by atoms with E-state index in [4.69, 9.17) is 0 Å². The van der Waals surface area contributed by atoms with Gasteiger partial charge in [-0.25, -0.2) is 0 Å². The number of rotatable bonds is 1. The third-order valence-corrected chi connectivity index (χ3v) is 4.36. The molecule has 0 radical (unpaired) electrons. The minimum absolute atomic E-state index is 0.105. The predicted octanol–water partition coefficient (Wildman–Crippen LogP) is 3.76. The summed E-state index contributed by atoms with van der Waals surface area (Å²) in [7, 11) is 2.05. The van der Waals surface area contributed by atoms with Gasteiger partial charge in [-0.05, 0) is 23.5 Å². The minimum atomic E-state index is -0.448. The number of hydrogen-bond acceptors (Lipinski definition) is 2. The van der Waals surface area contributed by atoms with Crippen molar-refractivity contribution in [3.63, 3.8) is 0 Å². The van der Waals surface area contributed by atoms with Crippen LogP contribution in [0.1, 0.15) is 45.0 Å². The van der Waals surface area contributed by atoms with Gasteiger partial charge >= 0.3 is 0 Å². The summed E-state index contributed by atoms with van der Waals surface area (Å²) in [6, 6.07) is 7.94. The second-order valence-electron chi connectivity index (χ2n) is 6.58. The quantitative estimate of drug-likeness (QED) is 0.751. The average Bonchev–Trinajstić information content (AvgIpc) is 2.49. The zero-order chi connectivity index (χ0) is 13.7. The molecule has 1 aromatic carbocycles. The lowest BCUT2D eigenvalue weighted by molar-refractivity contribution is 0.0663. The molecule has 0 aliphatic carbocycles. The summed E-state index contributed by atoms with van der Waals surface area (Å²) >= 11 is 0. The number of nitrogens with zero attached hydrogens (tertiary/aromatic N) is 1. The molecule has 1 unspecified atom stereocenters. The Morgan fingerprint density at radius 1 is 1.17 bits per heavy atom. The number of Topliss-reactive ketones (excluding diaryl/α,β-unsaturated/α-hetero) is 1. The molecule has 0 aromatic heterocycles. The standard InChI is InChI=1S/C16H23NO/c1-11(2)16(15(3,4)5)14(18)12-9-7-8-10-13(12)17(16)6/h7-11H,1-6H3. The van der Waals surface area contributed by atoms with E-state index in [1.165, 1.54) is 0 Å². The Labute approximate surface area is 110 Å². The Bertz CT molecular complexity index is 484. The highest BCUT2D eigenvalue weighted by molar-refractivity contribution is 6.14. The third kappa shape index (κ3) is 1.38. The first-order valence-electron chi connectivity index (χ1n) is 6.62. The van der Waals surface area contributed by atoms with Crippen molar-refractivity contribution >= 4 is 11.5 Å². The largest absolute Gasteiger partial charge is 0.360 e. The van der Waals surface area contributed by atoms with Crippen LogP contribution in [0.2, 0.25) is 0 Å². The van der Waals surface area contributed by atoms with Crippen molar-refractivity contribution in [2.45, 2.75) is 40.2 Å². The maximum absolute atomic E-state index is 13.0. The van der Waals surface area contributed by atoms with E-state index < -0.39 is 5.54 Å². The summed E-state index contributed by atoms with van der Waals surface area (Å²) in [5.41, 5.74) is 1.37. The van der Waals surface area contributed by atoms with Crippen LogP contribution in [0, 0.1) is 11.3 Å². The van der Waals surface area contributed by atoms with E-state index >= 15 is 0 Å². The highest BCUT2D eigenvalue weighted by atomic mass is 16.1. The molecule has 1 aromatic rings. The molecule has 0 saturated carbocycles. The van der Waals surface area contributed by atoms with E-state index in [1.807, 2.05) is 24.3 Å². The van der Waals surface area contributed by atoms with Crippen LogP contribution in [0.5, 0.6) is 0 Å². The van der Waals surface area contributed by atoms with E-state index in [-0.39, 0.29) is 17.1 Å². The number of hydrogen-bond donors (Lipinski definition) is 0. The van der Waals surface area contributed by atoms with Crippen LogP contribution in [0.15, 0.2) is 24.3 Å². The molecule has 2 rings (SSSR count).